The molecule has 0 saturated carbocycles. The first kappa shape index (κ1) is 13.7. The molecule has 0 aliphatic rings. The smallest absolute Gasteiger partial charge is 0.236 e. The molecule has 1 unspecified atom stereocenters. The zero-order valence-electron chi connectivity index (χ0n) is 9.71. The number of rotatable bonds is 4. The summed E-state index contributed by atoms with van der Waals surface area (Å²) in [7, 11) is 0. The third kappa shape index (κ3) is 3.57. The second kappa shape index (κ2) is 5.29. The minimum Gasteiger partial charge on any atom is -0.354 e. The van der Waals surface area contributed by atoms with Gasteiger partial charge in [0, 0.05) is 16.8 Å². The summed E-state index contributed by atoms with van der Waals surface area (Å²) in [5.41, 5.74) is 5.42. The third-order valence-corrected chi connectivity index (χ3v) is 4.35. The van der Waals surface area contributed by atoms with E-state index in [9.17, 15) is 4.79 Å². The van der Waals surface area contributed by atoms with Gasteiger partial charge in [-0.3, -0.25) is 4.79 Å². The zero-order valence-corrected chi connectivity index (χ0v) is 12.1. The summed E-state index contributed by atoms with van der Waals surface area (Å²) in [6, 6.07) is 3.65. The van der Waals surface area contributed by atoms with Crippen molar-refractivity contribution >= 4 is 33.2 Å². The largest absolute Gasteiger partial charge is 0.354 e. The van der Waals surface area contributed by atoms with E-state index in [-0.39, 0.29) is 11.3 Å². The molecule has 1 rings (SSSR count). The molecule has 3 N–H and O–H groups in total. The van der Waals surface area contributed by atoms with Gasteiger partial charge >= 0.3 is 0 Å². The Morgan fingerprint density at radius 2 is 2.25 bits per heavy atom. The van der Waals surface area contributed by atoms with E-state index in [2.05, 4.69) is 41.2 Å². The van der Waals surface area contributed by atoms with E-state index in [1.165, 1.54) is 4.88 Å². The zero-order chi connectivity index (χ0) is 12.3. The monoisotopic (exact) mass is 304 g/mol. The van der Waals surface area contributed by atoms with E-state index in [0.29, 0.717) is 6.54 Å². The van der Waals surface area contributed by atoms with Crippen LogP contribution in [0.5, 0.6) is 0 Å². The number of nitrogens with one attached hydrogen (secondary N) is 1. The molecule has 0 aromatic carbocycles. The fraction of sp³-hybridized carbons (Fsp3) is 0.545. The van der Waals surface area contributed by atoms with Crippen LogP contribution in [0.1, 0.15) is 25.6 Å². The van der Waals surface area contributed by atoms with Gasteiger partial charge in [0.25, 0.3) is 0 Å². The summed E-state index contributed by atoms with van der Waals surface area (Å²) >= 11 is 5.13. The number of carbonyl (C=O) groups is 1. The van der Waals surface area contributed by atoms with Gasteiger partial charge in [0.1, 0.15) is 0 Å². The number of halogens is 1. The van der Waals surface area contributed by atoms with Gasteiger partial charge in [-0.1, -0.05) is 13.8 Å². The molecule has 0 spiro atoms. The van der Waals surface area contributed by atoms with Gasteiger partial charge in [0.15, 0.2) is 0 Å². The molecule has 1 atom stereocenters. The molecule has 0 aliphatic carbocycles. The molecule has 16 heavy (non-hydrogen) atoms. The van der Waals surface area contributed by atoms with Crippen molar-refractivity contribution in [2.24, 2.45) is 5.73 Å². The Balaban J connectivity index is 2.62. The Morgan fingerprint density at radius 1 is 1.62 bits per heavy atom. The van der Waals surface area contributed by atoms with Crippen molar-refractivity contribution in [3.63, 3.8) is 0 Å². The van der Waals surface area contributed by atoms with Gasteiger partial charge in [-0.25, -0.2) is 0 Å². The van der Waals surface area contributed by atoms with Crippen molar-refractivity contribution < 1.29 is 4.79 Å². The van der Waals surface area contributed by atoms with Gasteiger partial charge < -0.3 is 11.1 Å². The van der Waals surface area contributed by atoms with Crippen molar-refractivity contribution in [1.82, 2.24) is 5.32 Å². The average Bonchev–Trinajstić information content (AvgIpc) is 2.61. The summed E-state index contributed by atoms with van der Waals surface area (Å²) in [6.45, 7) is 6.49. The third-order valence-electron chi connectivity index (χ3n) is 2.36. The summed E-state index contributed by atoms with van der Waals surface area (Å²) in [5.74, 6) is -0.108. The summed E-state index contributed by atoms with van der Waals surface area (Å²) in [6.07, 6.45) is 0. The number of amides is 1. The highest BCUT2D eigenvalue weighted by Gasteiger charge is 2.23. The Kier molecular flexibility index (Phi) is 4.52. The SMILES string of the molecule is CC(N)C(=O)NCC(C)(C)c1ccc(Br)s1. The number of nitrogens with two attached hydrogens (primary N) is 1. The highest BCUT2D eigenvalue weighted by atomic mass is 79.9. The topological polar surface area (TPSA) is 55.1 Å². The van der Waals surface area contributed by atoms with Gasteiger partial charge in [0.2, 0.25) is 5.91 Å². The number of carbonyl (C=O) groups excluding carboxylic acids is 1. The van der Waals surface area contributed by atoms with E-state index in [4.69, 9.17) is 5.73 Å². The molecule has 1 amide bonds. The Labute approximate surface area is 109 Å². The molecule has 0 aliphatic heterocycles. The van der Waals surface area contributed by atoms with Crippen molar-refractivity contribution in [1.29, 1.82) is 0 Å². The number of thiophene rings is 1. The van der Waals surface area contributed by atoms with Crippen LogP contribution < -0.4 is 11.1 Å². The Morgan fingerprint density at radius 3 is 2.69 bits per heavy atom. The average molecular weight is 305 g/mol. The second-order valence-corrected chi connectivity index (χ2v) is 6.96. The van der Waals surface area contributed by atoms with E-state index < -0.39 is 6.04 Å². The molecule has 0 bridgehead atoms. The molecule has 0 radical (unpaired) electrons. The van der Waals surface area contributed by atoms with E-state index in [0.717, 1.165) is 3.79 Å². The molecule has 3 nitrogen and oxygen atoms in total. The van der Waals surface area contributed by atoms with E-state index in [1.807, 2.05) is 6.07 Å². The first-order valence-corrected chi connectivity index (χ1v) is 6.73. The standard InChI is InChI=1S/C11H17BrN2OS/c1-7(13)10(15)14-6-11(2,3)8-4-5-9(12)16-8/h4-5,7H,6,13H2,1-3H3,(H,14,15). The van der Waals surface area contributed by atoms with Crippen LogP contribution >= 0.6 is 27.3 Å². The lowest BCUT2D eigenvalue weighted by Crippen LogP contribution is -2.43. The Bertz CT molecular complexity index is 374. The van der Waals surface area contributed by atoms with Crippen molar-refractivity contribution in [3.8, 4) is 0 Å². The number of hydrogen-bond donors (Lipinski definition) is 2. The maximum absolute atomic E-state index is 11.4. The van der Waals surface area contributed by atoms with Gasteiger partial charge in [0.05, 0.1) is 9.83 Å². The molecular formula is C11H17BrN2OS. The predicted molar refractivity (Wildman–Crippen MR) is 71.7 cm³/mol. The molecule has 0 saturated heterocycles. The molecule has 0 fully saturated rings. The van der Waals surface area contributed by atoms with Crippen LogP contribution in [0, 0.1) is 0 Å². The highest BCUT2D eigenvalue weighted by Crippen LogP contribution is 2.32. The fourth-order valence-corrected chi connectivity index (χ4v) is 2.72. The quantitative estimate of drug-likeness (QED) is 0.896. The maximum Gasteiger partial charge on any atom is 0.236 e. The lowest BCUT2D eigenvalue weighted by Gasteiger charge is -2.24. The van der Waals surface area contributed by atoms with Crippen LogP contribution in [-0.4, -0.2) is 18.5 Å². The summed E-state index contributed by atoms with van der Waals surface area (Å²) < 4.78 is 1.11. The maximum atomic E-state index is 11.4. The molecule has 1 aromatic rings. The molecule has 90 valence electrons. The lowest BCUT2D eigenvalue weighted by molar-refractivity contribution is -0.122. The number of hydrogen-bond acceptors (Lipinski definition) is 3. The van der Waals surface area contributed by atoms with Crippen LogP contribution in [0.2, 0.25) is 0 Å². The first-order chi connectivity index (χ1) is 7.33. The van der Waals surface area contributed by atoms with Crippen molar-refractivity contribution in [2.75, 3.05) is 6.54 Å². The van der Waals surface area contributed by atoms with Gasteiger partial charge in [-0.05, 0) is 35.0 Å². The molecule has 1 aromatic heterocycles. The summed E-state index contributed by atoms with van der Waals surface area (Å²) in [4.78, 5) is 12.6. The van der Waals surface area contributed by atoms with E-state index in [1.54, 1.807) is 18.3 Å². The molecule has 5 heteroatoms. The van der Waals surface area contributed by atoms with Crippen LogP contribution in [0.25, 0.3) is 0 Å². The highest BCUT2D eigenvalue weighted by molar-refractivity contribution is 9.11. The predicted octanol–water partition coefficient (Wildman–Crippen LogP) is 2.25. The minimum atomic E-state index is -0.453. The van der Waals surface area contributed by atoms with E-state index >= 15 is 0 Å². The molecule has 1 heterocycles. The van der Waals surface area contributed by atoms with Crippen molar-refractivity contribution in [3.05, 3.63) is 20.8 Å². The first-order valence-electron chi connectivity index (χ1n) is 5.12. The van der Waals surface area contributed by atoms with Gasteiger partial charge in [-0.2, -0.15) is 0 Å². The van der Waals surface area contributed by atoms with Crippen LogP contribution in [0.15, 0.2) is 15.9 Å². The van der Waals surface area contributed by atoms with Crippen LogP contribution in [0.3, 0.4) is 0 Å². The lowest BCUT2D eigenvalue weighted by atomic mass is 9.91. The Hall–Kier alpha value is -0.390. The van der Waals surface area contributed by atoms with Crippen LogP contribution in [-0.2, 0) is 10.2 Å². The minimum absolute atomic E-state index is 0.0682. The summed E-state index contributed by atoms with van der Waals surface area (Å²) in [5, 5.41) is 2.86. The molecular weight excluding hydrogens is 288 g/mol. The van der Waals surface area contributed by atoms with Crippen LogP contribution in [0.4, 0.5) is 0 Å². The second-order valence-electron chi connectivity index (χ2n) is 4.49. The van der Waals surface area contributed by atoms with Gasteiger partial charge in [-0.15, -0.1) is 11.3 Å². The van der Waals surface area contributed by atoms with Crippen molar-refractivity contribution in [2.45, 2.75) is 32.2 Å². The normalized spacial score (nSPS) is 13.6. The fourth-order valence-electron chi connectivity index (χ4n) is 1.23.